The number of rotatable bonds is 20. The van der Waals surface area contributed by atoms with Gasteiger partial charge in [-0.3, -0.25) is 4.99 Å². The SMILES string of the molecule is CCCCCCCCCCCCCCCC(=NCCS(=O)(=O)c1ccccc1)C1=C(O)C(CO)OC1=O. The van der Waals surface area contributed by atoms with E-state index in [4.69, 9.17) is 4.74 Å². The van der Waals surface area contributed by atoms with Crippen molar-refractivity contribution in [2.45, 2.75) is 108 Å². The zero-order valence-electron chi connectivity index (χ0n) is 22.4. The van der Waals surface area contributed by atoms with Gasteiger partial charge >= 0.3 is 5.97 Å². The van der Waals surface area contributed by atoms with E-state index in [1.807, 2.05) is 0 Å². The van der Waals surface area contributed by atoms with Gasteiger partial charge in [0.2, 0.25) is 0 Å². The third kappa shape index (κ3) is 11.0. The number of aliphatic hydroxyl groups excluding tert-OH is 2. The van der Waals surface area contributed by atoms with Gasteiger partial charge < -0.3 is 14.9 Å². The average Bonchev–Trinajstić information content (AvgIpc) is 3.19. The number of nitrogens with zero attached hydrogens (tertiary/aromatic N) is 1. The standard InChI is InChI=1S/C29H45NO6S/c1-2-3-4-5-6-7-8-9-10-11-12-13-17-20-25(27-28(32)26(23-31)36-29(27)33)30-21-22-37(34,35)24-18-15-14-16-19-24/h14-16,18-19,26,31-32H,2-13,17,20-23H2,1H3. The van der Waals surface area contributed by atoms with E-state index >= 15 is 0 Å². The average molecular weight is 536 g/mol. The van der Waals surface area contributed by atoms with E-state index in [2.05, 4.69) is 11.9 Å². The van der Waals surface area contributed by atoms with Crippen LogP contribution in [0.4, 0.5) is 0 Å². The van der Waals surface area contributed by atoms with Crippen LogP contribution in [0.15, 0.2) is 51.6 Å². The van der Waals surface area contributed by atoms with Gasteiger partial charge in [-0.1, -0.05) is 102 Å². The molecule has 2 N–H and O–H groups in total. The lowest BCUT2D eigenvalue weighted by atomic mass is 10.0. The van der Waals surface area contributed by atoms with Crippen molar-refractivity contribution >= 4 is 21.5 Å². The molecule has 1 heterocycles. The smallest absolute Gasteiger partial charge is 0.344 e. The van der Waals surface area contributed by atoms with Gasteiger partial charge in [0.15, 0.2) is 21.7 Å². The maximum Gasteiger partial charge on any atom is 0.344 e. The molecule has 0 bridgehead atoms. The van der Waals surface area contributed by atoms with Crippen molar-refractivity contribution in [2.75, 3.05) is 18.9 Å². The maximum atomic E-state index is 12.6. The van der Waals surface area contributed by atoms with Gasteiger partial charge in [-0.05, 0) is 25.0 Å². The summed E-state index contributed by atoms with van der Waals surface area (Å²) < 4.78 is 30.2. The zero-order chi connectivity index (χ0) is 26.9. The number of aliphatic hydroxyl groups is 2. The molecule has 2 rings (SSSR count). The van der Waals surface area contributed by atoms with E-state index in [0.29, 0.717) is 12.1 Å². The van der Waals surface area contributed by atoms with Crippen molar-refractivity contribution in [2.24, 2.45) is 4.99 Å². The summed E-state index contributed by atoms with van der Waals surface area (Å²) in [6, 6.07) is 8.18. The molecule has 1 atom stereocenters. The molecule has 0 aliphatic carbocycles. The molecule has 0 spiro atoms. The fourth-order valence-electron chi connectivity index (χ4n) is 4.54. The van der Waals surface area contributed by atoms with Crippen molar-refractivity contribution in [1.82, 2.24) is 0 Å². The van der Waals surface area contributed by atoms with Crippen LogP contribution >= 0.6 is 0 Å². The predicted octanol–water partition coefficient (Wildman–Crippen LogP) is 6.11. The van der Waals surface area contributed by atoms with E-state index in [1.54, 1.807) is 30.3 Å². The molecular weight excluding hydrogens is 490 g/mol. The molecule has 1 aliphatic rings. The Morgan fingerprint density at radius 2 is 1.43 bits per heavy atom. The van der Waals surface area contributed by atoms with E-state index in [9.17, 15) is 23.4 Å². The number of ether oxygens (including phenoxy) is 1. The maximum absolute atomic E-state index is 12.6. The van der Waals surface area contributed by atoms with Crippen LogP contribution < -0.4 is 0 Å². The van der Waals surface area contributed by atoms with Crippen LogP contribution in [0, 0.1) is 0 Å². The predicted molar refractivity (Wildman–Crippen MR) is 148 cm³/mol. The third-order valence-corrected chi connectivity index (χ3v) is 8.46. The van der Waals surface area contributed by atoms with Gasteiger partial charge in [-0.2, -0.15) is 0 Å². The Labute approximate surface area is 223 Å². The second-order valence-corrected chi connectivity index (χ2v) is 11.9. The van der Waals surface area contributed by atoms with Gasteiger partial charge in [0.05, 0.1) is 29.5 Å². The lowest BCUT2D eigenvalue weighted by molar-refractivity contribution is -0.141. The normalized spacial score (nSPS) is 16.4. The fraction of sp³-hybridized carbons (Fsp3) is 0.655. The molecule has 1 aliphatic heterocycles. The van der Waals surface area contributed by atoms with Crippen molar-refractivity contribution < 1.29 is 28.2 Å². The number of sulfone groups is 1. The lowest BCUT2D eigenvalue weighted by Gasteiger charge is -2.08. The summed E-state index contributed by atoms with van der Waals surface area (Å²) in [5.41, 5.74) is 0.319. The second kappa shape index (κ2) is 17.3. The summed E-state index contributed by atoms with van der Waals surface area (Å²) in [7, 11) is -3.51. The molecule has 0 aromatic heterocycles. The number of cyclic esters (lactones) is 1. The summed E-state index contributed by atoms with van der Waals surface area (Å²) in [5, 5.41) is 19.8. The molecular formula is C29H45NO6S. The van der Waals surface area contributed by atoms with Crippen molar-refractivity contribution in [3.8, 4) is 0 Å². The molecule has 7 nitrogen and oxygen atoms in total. The van der Waals surface area contributed by atoms with Gasteiger partial charge in [0.1, 0.15) is 5.57 Å². The van der Waals surface area contributed by atoms with E-state index in [0.717, 1.165) is 19.3 Å². The Morgan fingerprint density at radius 1 is 0.892 bits per heavy atom. The van der Waals surface area contributed by atoms with Crippen LogP contribution in [-0.4, -0.2) is 55.3 Å². The summed E-state index contributed by atoms with van der Waals surface area (Å²) in [6.45, 7) is 1.69. The second-order valence-electron chi connectivity index (χ2n) is 9.79. The monoisotopic (exact) mass is 535 g/mol. The molecule has 0 amide bonds. The van der Waals surface area contributed by atoms with Crippen LogP contribution in [0.3, 0.4) is 0 Å². The van der Waals surface area contributed by atoms with Crippen molar-refractivity contribution in [3.63, 3.8) is 0 Å². The van der Waals surface area contributed by atoms with Gasteiger partial charge in [-0.15, -0.1) is 0 Å². The summed E-state index contributed by atoms with van der Waals surface area (Å²) in [5.74, 6) is -1.26. The topological polar surface area (TPSA) is 113 Å². The highest BCUT2D eigenvalue weighted by Crippen LogP contribution is 2.24. The van der Waals surface area contributed by atoms with Crippen LogP contribution in [0.2, 0.25) is 0 Å². The number of hydrogen-bond donors (Lipinski definition) is 2. The first-order chi connectivity index (χ1) is 17.9. The van der Waals surface area contributed by atoms with Crippen molar-refractivity contribution in [3.05, 3.63) is 41.7 Å². The molecule has 8 heteroatoms. The van der Waals surface area contributed by atoms with E-state index < -0.39 is 28.5 Å². The highest BCUT2D eigenvalue weighted by Gasteiger charge is 2.36. The van der Waals surface area contributed by atoms with Crippen LogP contribution in [0.25, 0.3) is 0 Å². The molecule has 0 saturated heterocycles. The first kappa shape index (κ1) is 31.0. The minimum Gasteiger partial charge on any atom is -0.507 e. The molecule has 0 saturated carbocycles. The molecule has 1 aromatic carbocycles. The summed E-state index contributed by atoms with van der Waals surface area (Å²) in [4.78, 5) is 17.0. The Morgan fingerprint density at radius 3 is 1.95 bits per heavy atom. The number of carbonyl (C=O) groups excluding carboxylic acids is 1. The first-order valence-corrected chi connectivity index (χ1v) is 15.6. The number of benzene rings is 1. The molecule has 1 unspecified atom stereocenters. The Kier molecular flexibility index (Phi) is 14.5. The first-order valence-electron chi connectivity index (χ1n) is 14.0. The lowest BCUT2D eigenvalue weighted by Crippen LogP contribution is -2.16. The Hall–Kier alpha value is -2.19. The summed E-state index contributed by atoms with van der Waals surface area (Å²) >= 11 is 0. The number of aliphatic imine (C=N–C) groups is 1. The molecule has 208 valence electrons. The minimum absolute atomic E-state index is 0.0289. The molecule has 37 heavy (non-hydrogen) atoms. The van der Waals surface area contributed by atoms with Crippen LogP contribution in [0.1, 0.15) is 96.8 Å². The Balaban J connectivity index is 1.82. The fourth-order valence-corrected chi connectivity index (χ4v) is 5.68. The van der Waals surface area contributed by atoms with E-state index in [-0.39, 0.29) is 28.5 Å². The van der Waals surface area contributed by atoms with Gasteiger partial charge in [-0.25, -0.2) is 13.2 Å². The van der Waals surface area contributed by atoms with Crippen molar-refractivity contribution in [1.29, 1.82) is 0 Å². The molecule has 0 radical (unpaired) electrons. The number of unbranched alkanes of at least 4 members (excludes halogenated alkanes) is 12. The van der Waals surface area contributed by atoms with Gasteiger partial charge in [0.25, 0.3) is 0 Å². The number of esters is 1. The van der Waals surface area contributed by atoms with E-state index in [1.165, 1.54) is 64.2 Å². The van der Waals surface area contributed by atoms with Gasteiger partial charge in [0, 0.05) is 0 Å². The Bertz CT molecular complexity index is 971. The molecule has 0 fully saturated rings. The number of hydrogen-bond acceptors (Lipinski definition) is 7. The largest absolute Gasteiger partial charge is 0.507 e. The molecule has 1 aromatic rings. The quantitative estimate of drug-likeness (QED) is 0.118. The highest BCUT2D eigenvalue weighted by molar-refractivity contribution is 7.91. The zero-order valence-corrected chi connectivity index (χ0v) is 23.2. The third-order valence-electron chi connectivity index (χ3n) is 6.75. The highest BCUT2D eigenvalue weighted by atomic mass is 32.2. The summed E-state index contributed by atoms with van der Waals surface area (Å²) in [6.07, 6.45) is 15.2. The van der Waals surface area contributed by atoms with Crippen LogP contribution in [-0.2, 0) is 19.4 Å². The minimum atomic E-state index is -3.51. The number of carbonyl (C=O) groups is 1. The van der Waals surface area contributed by atoms with Crippen LogP contribution in [0.5, 0.6) is 0 Å².